The lowest BCUT2D eigenvalue weighted by Gasteiger charge is -1.99. The normalized spacial score (nSPS) is 9.71. The molecule has 0 N–H and O–H groups in total. The highest BCUT2D eigenvalue weighted by molar-refractivity contribution is 5.34. The van der Waals surface area contributed by atoms with Gasteiger partial charge in [-0.3, -0.25) is 4.57 Å². The van der Waals surface area contributed by atoms with Gasteiger partial charge in [0.1, 0.15) is 12.1 Å². The van der Waals surface area contributed by atoms with Crippen LogP contribution in [0.1, 0.15) is 11.3 Å². The summed E-state index contributed by atoms with van der Waals surface area (Å²) in [4.78, 5) is 8.33. The fourth-order valence-corrected chi connectivity index (χ4v) is 1.17. The predicted molar refractivity (Wildman–Crippen MR) is 54.0 cm³/mol. The minimum Gasteiger partial charge on any atom is -0.290 e. The Bertz CT molecular complexity index is 474. The van der Waals surface area contributed by atoms with Crippen molar-refractivity contribution < 1.29 is 0 Å². The molecule has 2 aromatic heterocycles. The van der Waals surface area contributed by atoms with Crippen LogP contribution in [0, 0.1) is 19.3 Å². The van der Waals surface area contributed by atoms with Gasteiger partial charge in [-0.2, -0.15) is 0 Å². The van der Waals surface area contributed by atoms with E-state index < -0.39 is 0 Å². The largest absolute Gasteiger partial charge is 0.290 e. The van der Waals surface area contributed by atoms with Crippen LogP contribution in [0.25, 0.3) is 5.82 Å². The van der Waals surface area contributed by atoms with Gasteiger partial charge in [0.05, 0.1) is 5.69 Å². The zero-order valence-corrected chi connectivity index (χ0v) is 7.81. The van der Waals surface area contributed by atoms with Crippen LogP contribution in [0.5, 0.6) is 0 Å². The van der Waals surface area contributed by atoms with Gasteiger partial charge >= 0.3 is 0 Å². The van der Waals surface area contributed by atoms with Crippen molar-refractivity contribution in [3.63, 3.8) is 0 Å². The summed E-state index contributed by atoms with van der Waals surface area (Å²) in [7, 11) is 0. The molecule has 68 valence electrons. The van der Waals surface area contributed by atoms with E-state index >= 15 is 0 Å². The zero-order valence-electron chi connectivity index (χ0n) is 7.81. The topological polar surface area (TPSA) is 30.7 Å². The number of hydrogen-bond acceptors (Lipinski definition) is 2. The average Bonchev–Trinajstić information content (AvgIpc) is 2.65. The summed E-state index contributed by atoms with van der Waals surface area (Å²) in [6, 6.07) is 3.73. The van der Waals surface area contributed by atoms with Gasteiger partial charge in [-0.25, -0.2) is 9.97 Å². The van der Waals surface area contributed by atoms with Crippen molar-refractivity contribution >= 4 is 0 Å². The smallest absolute Gasteiger partial charge is 0.137 e. The fourth-order valence-electron chi connectivity index (χ4n) is 1.17. The molecule has 0 aromatic carbocycles. The van der Waals surface area contributed by atoms with E-state index in [1.807, 2.05) is 29.8 Å². The molecule has 0 atom stereocenters. The number of pyridine rings is 1. The lowest BCUT2D eigenvalue weighted by Crippen LogP contribution is -1.93. The summed E-state index contributed by atoms with van der Waals surface area (Å²) in [6.45, 7) is 1.94. The van der Waals surface area contributed by atoms with Crippen LogP contribution in [-0.2, 0) is 0 Å². The molecule has 0 saturated heterocycles. The molecule has 2 heterocycles. The number of aromatic nitrogens is 3. The standard InChI is InChI=1S/C11H9N3/c1-3-10-4-5-11(12-6-10)14-7-9(2)13-8-14/h1,4-8H,2H3. The summed E-state index contributed by atoms with van der Waals surface area (Å²) in [5.41, 5.74) is 1.75. The second-order valence-corrected chi connectivity index (χ2v) is 2.97. The van der Waals surface area contributed by atoms with E-state index in [-0.39, 0.29) is 0 Å². The van der Waals surface area contributed by atoms with Gasteiger partial charge in [0.2, 0.25) is 0 Å². The first-order valence-corrected chi connectivity index (χ1v) is 4.23. The van der Waals surface area contributed by atoms with Crippen molar-refractivity contribution in [2.75, 3.05) is 0 Å². The number of nitrogens with zero attached hydrogens (tertiary/aromatic N) is 3. The Morgan fingerprint density at radius 1 is 1.36 bits per heavy atom. The van der Waals surface area contributed by atoms with Crippen LogP contribution in [0.3, 0.4) is 0 Å². The molecule has 0 aliphatic heterocycles. The van der Waals surface area contributed by atoms with Crippen LogP contribution in [0.2, 0.25) is 0 Å². The number of terminal acetylenes is 1. The molecule has 3 nitrogen and oxygen atoms in total. The molecule has 0 spiro atoms. The highest BCUT2D eigenvalue weighted by atomic mass is 15.1. The third kappa shape index (κ3) is 1.50. The van der Waals surface area contributed by atoms with Gasteiger partial charge in [0.25, 0.3) is 0 Å². The number of aryl methyl sites for hydroxylation is 1. The minimum absolute atomic E-state index is 0.783. The van der Waals surface area contributed by atoms with Crippen LogP contribution < -0.4 is 0 Å². The van der Waals surface area contributed by atoms with Crippen molar-refractivity contribution in [2.24, 2.45) is 0 Å². The molecule has 0 unspecified atom stereocenters. The fraction of sp³-hybridized carbons (Fsp3) is 0.0909. The maximum absolute atomic E-state index is 5.23. The second kappa shape index (κ2) is 3.35. The lowest BCUT2D eigenvalue weighted by molar-refractivity contribution is 0.991. The maximum Gasteiger partial charge on any atom is 0.137 e. The molecule has 0 aliphatic rings. The lowest BCUT2D eigenvalue weighted by atomic mass is 10.3. The Hall–Kier alpha value is -2.08. The summed E-state index contributed by atoms with van der Waals surface area (Å²) in [6.07, 6.45) is 10.5. The average molecular weight is 183 g/mol. The SMILES string of the molecule is C#Cc1ccc(-n2cnc(C)c2)nc1. The van der Waals surface area contributed by atoms with E-state index in [2.05, 4.69) is 15.9 Å². The zero-order chi connectivity index (χ0) is 9.97. The van der Waals surface area contributed by atoms with Gasteiger partial charge in [0, 0.05) is 18.0 Å². The summed E-state index contributed by atoms with van der Waals surface area (Å²) >= 11 is 0. The molecule has 0 aliphatic carbocycles. The molecule has 0 amide bonds. The first-order valence-electron chi connectivity index (χ1n) is 4.23. The van der Waals surface area contributed by atoms with E-state index in [0.717, 1.165) is 17.1 Å². The Balaban J connectivity index is 2.39. The molecular weight excluding hydrogens is 174 g/mol. The molecule has 0 radical (unpaired) electrons. The third-order valence-electron chi connectivity index (χ3n) is 1.89. The molecule has 0 bridgehead atoms. The molecule has 0 saturated carbocycles. The molecular formula is C11H9N3. The van der Waals surface area contributed by atoms with Crippen molar-refractivity contribution in [3.05, 3.63) is 42.1 Å². The summed E-state index contributed by atoms with van der Waals surface area (Å²) in [5, 5.41) is 0. The minimum atomic E-state index is 0.783. The number of rotatable bonds is 1. The molecule has 2 rings (SSSR count). The molecule has 2 aromatic rings. The highest BCUT2D eigenvalue weighted by Crippen LogP contribution is 2.05. The van der Waals surface area contributed by atoms with Crippen molar-refractivity contribution in [1.82, 2.24) is 14.5 Å². The number of imidazole rings is 1. The monoisotopic (exact) mass is 183 g/mol. The summed E-state index contributed by atoms with van der Waals surface area (Å²) < 4.78 is 1.86. The quantitative estimate of drug-likeness (QED) is 0.628. The Morgan fingerprint density at radius 2 is 2.21 bits per heavy atom. The Kier molecular flexibility index (Phi) is 2.04. The highest BCUT2D eigenvalue weighted by Gasteiger charge is 1.97. The van der Waals surface area contributed by atoms with E-state index in [9.17, 15) is 0 Å². The predicted octanol–water partition coefficient (Wildman–Crippen LogP) is 1.56. The number of hydrogen-bond donors (Lipinski definition) is 0. The van der Waals surface area contributed by atoms with E-state index in [4.69, 9.17) is 6.42 Å². The van der Waals surface area contributed by atoms with Crippen molar-refractivity contribution in [3.8, 4) is 18.2 Å². The summed E-state index contributed by atoms with van der Waals surface area (Å²) in [5.74, 6) is 3.35. The van der Waals surface area contributed by atoms with Crippen molar-refractivity contribution in [1.29, 1.82) is 0 Å². The molecule has 14 heavy (non-hydrogen) atoms. The third-order valence-corrected chi connectivity index (χ3v) is 1.89. The molecule has 3 heteroatoms. The van der Waals surface area contributed by atoms with E-state index in [1.165, 1.54) is 0 Å². The van der Waals surface area contributed by atoms with Gasteiger partial charge in [-0.15, -0.1) is 6.42 Å². The van der Waals surface area contributed by atoms with Crippen LogP contribution >= 0.6 is 0 Å². The van der Waals surface area contributed by atoms with Crippen LogP contribution in [-0.4, -0.2) is 14.5 Å². The maximum atomic E-state index is 5.23. The van der Waals surface area contributed by atoms with Crippen molar-refractivity contribution in [2.45, 2.75) is 6.92 Å². The second-order valence-electron chi connectivity index (χ2n) is 2.97. The van der Waals surface area contributed by atoms with Gasteiger partial charge in [0.15, 0.2) is 0 Å². The van der Waals surface area contributed by atoms with Gasteiger partial charge < -0.3 is 0 Å². The Morgan fingerprint density at radius 3 is 2.71 bits per heavy atom. The van der Waals surface area contributed by atoms with Crippen LogP contribution in [0.4, 0.5) is 0 Å². The van der Waals surface area contributed by atoms with Gasteiger partial charge in [-0.1, -0.05) is 5.92 Å². The first kappa shape index (κ1) is 8.52. The first-order chi connectivity index (χ1) is 6.79. The van der Waals surface area contributed by atoms with E-state index in [0.29, 0.717) is 0 Å². The Labute approximate surface area is 82.4 Å². The van der Waals surface area contributed by atoms with E-state index in [1.54, 1.807) is 12.5 Å². The van der Waals surface area contributed by atoms with Gasteiger partial charge in [-0.05, 0) is 19.1 Å². The van der Waals surface area contributed by atoms with Crippen LogP contribution in [0.15, 0.2) is 30.9 Å². The molecule has 0 fully saturated rings.